The van der Waals surface area contributed by atoms with E-state index in [1.807, 2.05) is 0 Å². The number of esters is 1. The minimum Gasteiger partial charge on any atom is -0.462 e. The van der Waals surface area contributed by atoms with Crippen LogP contribution in [0, 0.1) is 58.2 Å². The molecule has 2 heterocycles. The van der Waals surface area contributed by atoms with Crippen LogP contribution in [-0.2, 0) is 19.3 Å². The van der Waals surface area contributed by atoms with Crippen LogP contribution in [0.1, 0.15) is 99.8 Å². The lowest BCUT2D eigenvalue weighted by Crippen LogP contribution is -2.73. The van der Waals surface area contributed by atoms with Crippen molar-refractivity contribution >= 4 is 5.97 Å². The summed E-state index contributed by atoms with van der Waals surface area (Å²) in [5.41, 5.74) is -0.401. The molecule has 0 amide bonds. The van der Waals surface area contributed by atoms with Crippen molar-refractivity contribution < 1.29 is 19.3 Å². The molecule has 35 heavy (non-hydrogen) atoms. The molecule has 2 spiro atoms. The molecule has 2 aliphatic heterocycles. The van der Waals surface area contributed by atoms with Crippen LogP contribution in [0.4, 0.5) is 0 Å². The molecule has 0 aromatic carbocycles. The fourth-order valence-corrected chi connectivity index (χ4v) is 10.6. The van der Waals surface area contributed by atoms with E-state index in [2.05, 4.69) is 53.7 Å². The van der Waals surface area contributed by atoms with E-state index in [1.54, 1.807) is 0 Å². The highest BCUT2D eigenvalue weighted by molar-refractivity contribution is 5.66. The monoisotopic (exact) mass is 484 g/mol. The van der Waals surface area contributed by atoms with E-state index in [0.717, 1.165) is 48.3 Å². The van der Waals surface area contributed by atoms with Gasteiger partial charge in [-0.2, -0.15) is 0 Å². The van der Waals surface area contributed by atoms with Crippen LogP contribution in [0.25, 0.3) is 0 Å². The van der Waals surface area contributed by atoms with Crippen molar-refractivity contribution in [2.45, 2.75) is 117 Å². The van der Waals surface area contributed by atoms with Gasteiger partial charge in [0.15, 0.2) is 0 Å². The van der Waals surface area contributed by atoms with Gasteiger partial charge in [-0.25, -0.2) is 9.78 Å². The van der Waals surface area contributed by atoms with Crippen LogP contribution < -0.4 is 0 Å². The summed E-state index contributed by atoms with van der Waals surface area (Å²) in [5.74, 6) is 5.87. The summed E-state index contributed by atoms with van der Waals surface area (Å²) in [6.45, 7) is 16.4. The van der Waals surface area contributed by atoms with E-state index < -0.39 is 5.60 Å². The second kappa shape index (κ2) is 7.82. The van der Waals surface area contributed by atoms with Gasteiger partial charge in [-0.1, -0.05) is 47.6 Å². The van der Waals surface area contributed by atoms with E-state index in [9.17, 15) is 4.79 Å². The number of hydrogen-bond donors (Lipinski definition) is 0. The number of fused-ring (bicyclic) bond motifs is 2. The maximum Gasteiger partial charge on any atom is 0.302 e. The van der Waals surface area contributed by atoms with Gasteiger partial charge < -0.3 is 4.74 Å². The summed E-state index contributed by atoms with van der Waals surface area (Å²) in [7, 11) is 0. The van der Waals surface area contributed by atoms with Gasteiger partial charge in [-0.05, 0) is 91.9 Å². The molecule has 0 radical (unpaired) electrons. The number of carbonyl (C=O) groups excluding carboxylic acids is 1. The molecule has 2 bridgehead atoms. The maximum atomic E-state index is 11.7. The highest BCUT2D eigenvalue weighted by Gasteiger charge is 2.74. The number of rotatable bonds is 5. The zero-order valence-electron chi connectivity index (χ0n) is 23.1. The Morgan fingerprint density at radius 2 is 1.71 bits per heavy atom. The summed E-state index contributed by atoms with van der Waals surface area (Å²) in [4.78, 5) is 24.7. The van der Waals surface area contributed by atoms with Crippen LogP contribution in [0.2, 0.25) is 0 Å². The quantitative estimate of drug-likeness (QED) is 0.237. The maximum absolute atomic E-state index is 11.7. The van der Waals surface area contributed by atoms with E-state index in [0.29, 0.717) is 23.7 Å². The Hall–Kier alpha value is -0.870. The molecule has 0 aromatic heterocycles. The largest absolute Gasteiger partial charge is 0.462 e. The first-order chi connectivity index (χ1) is 16.5. The van der Waals surface area contributed by atoms with Crippen LogP contribution >= 0.6 is 0 Å². The third-order valence-electron chi connectivity index (χ3n) is 12.9. The first-order valence-corrected chi connectivity index (χ1v) is 14.7. The lowest BCUT2D eigenvalue weighted by Gasteiger charge is -2.69. The molecule has 7 rings (SSSR count). The Morgan fingerprint density at radius 3 is 2.37 bits per heavy atom. The third kappa shape index (κ3) is 3.20. The molecular formula is C31H48O4. The minimum atomic E-state index is -0.467. The highest BCUT2D eigenvalue weighted by Crippen LogP contribution is 2.73. The smallest absolute Gasteiger partial charge is 0.302 e. The van der Waals surface area contributed by atoms with Crippen molar-refractivity contribution in [1.29, 1.82) is 0 Å². The molecule has 4 heteroatoms. The lowest BCUT2D eigenvalue weighted by molar-refractivity contribution is -0.497. The molecule has 196 valence electrons. The van der Waals surface area contributed by atoms with E-state index in [1.165, 1.54) is 39.0 Å². The van der Waals surface area contributed by atoms with Crippen LogP contribution in [0.5, 0.6) is 0 Å². The molecule has 4 nitrogen and oxygen atoms in total. The Bertz CT molecular complexity index is 912. The predicted molar refractivity (Wildman–Crippen MR) is 136 cm³/mol. The van der Waals surface area contributed by atoms with Crippen molar-refractivity contribution in [3.63, 3.8) is 0 Å². The Kier molecular flexibility index (Phi) is 5.47. The topological polar surface area (TPSA) is 44.8 Å². The van der Waals surface area contributed by atoms with Gasteiger partial charge >= 0.3 is 5.97 Å². The normalized spacial score (nSPS) is 53.5. The zero-order valence-corrected chi connectivity index (χ0v) is 23.1. The minimum absolute atomic E-state index is 0.0377. The molecule has 5 aliphatic carbocycles. The Labute approximate surface area is 212 Å². The van der Waals surface area contributed by atoms with E-state index in [4.69, 9.17) is 14.5 Å². The third-order valence-corrected chi connectivity index (χ3v) is 12.9. The molecule has 12 atom stereocenters. The van der Waals surface area contributed by atoms with Gasteiger partial charge in [0.05, 0.1) is 0 Å². The summed E-state index contributed by atoms with van der Waals surface area (Å²) in [5, 5.41) is 0. The van der Waals surface area contributed by atoms with Crippen molar-refractivity contribution in [1.82, 2.24) is 0 Å². The van der Waals surface area contributed by atoms with Crippen molar-refractivity contribution in [2.75, 3.05) is 0 Å². The van der Waals surface area contributed by atoms with Crippen LogP contribution in [0.15, 0.2) is 12.2 Å². The first-order valence-electron chi connectivity index (χ1n) is 14.7. The fourth-order valence-electron chi connectivity index (χ4n) is 10.6. The summed E-state index contributed by atoms with van der Waals surface area (Å²) in [6, 6.07) is 0. The average Bonchev–Trinajstić information content (AvgIpc) is 3.52. The number of hydrogen-bond acceptors (Lipinski definition) is 4. The number of ether oxygens (including phenoxy) is 1. The highest BCUT2D eigenvalue weighted by atomic mass is 17.2. The molecule has 5 fully saturated rings. The van der Waals surface area contributed by atoms with Gasteiger partial charge in [0.25, 0.3) is 0 Å². The fraction of sp³-hybridized carbons (Fsp3) is 0.903. The molecule has 7 aliphatic rings. The van der Waals surface area contributed by atoms with Crippen LogP contribution in [0.3, 0.4) is 0 Å². The predicted octanol–water partition coefficient (Wildman–Crippen LogP) is 7.12. The van der Waals surface area contributed by atoms with Gasteiger partial charge in [0, 0.05) is 30.6 Å². The second-order valence-electron chi connectivity index (χ2n) is 14.5. The van der Waals surface area contributed by atoms with Crippen molar-refractivity contribution in [3.05, 3.63) is 12.2 Å². The molecule has 1 saturated heterocycles. The van der Waals surface area contributed by atoms with Gasteiger partial charge in [-0.15, -0.1) is 0 Å². The average molecular weight is 485 g/mol. The van der Waals surface area contributed by atoms with Gasteiger partial charge in [0.2, 0.25) is 0 Å². The summed E-state index contributed by atoms with van der Waals surface area (Å²) in [6.07, 6.45) is 13.9. The first kappa shape index (κ1) is 24.5. The van der Waals surface area contributed by atoms with Crippen molar-refractivity contribution in [2.24, 2.45) is 58.2 Å². The molecule has 0 unspecified atom stereocenters. The molecule has 0 aromatic rings. The van der Waals surface area contributed by atoms with Crippen LogP contribution in [-0.4, -0.2) is 23.3 Å². The Morgan fingerprint density at radius 1 is 0.943 bits per heavy atom. The Balaban J connectivity index is 1.26. The van der Waals surface area contributed by atoms with Gasteiger partial charge in [0.1, 0.15) is 17.3 Å². The van der Waals surface area contributed by atoms with Crippen molar-refractivity contribution in [3.8, 4) is 0 Å². The standard InChI is InChI=1S/C31H48O4/c1-18(2)19(3)23-16-24(23)20(4)25-8-9-26-28(25,6)12-11-27-29(7)13-10-22(33-21(5)32)17-30(29)14-15-31(26,27)35-34-30/h14-15,18-20,22-27H,8-13,16-17H2,1-7H3/t19-,20-,22+,23-,24-,25-,26-,27-,28-,29-,30-,31+/m1/s1. The van der Waals surface area contributed by atoms with E-state index >= 15 is 0 Å². The molecular weight excluding hydrogens is 436 g/mol. The molecule has 4 saturated carbocycles. The van der Waals surface area contributed by atoms with Gasteiger partial charge in [-0.3, -0.25) is 4.79 Å². The molecule has 0 N–H and O–H groups in total. The SMILES string of the molecule is CC(=O)O[C@H]1CC[C@]2(C)[C@H]3CC[C@]4(C)[C@@H]([C@H](C)[C@H]5C[C@@H]5[C@H](C)C(C)C)CC[C@H]4[C@@]34C=C[C@]2(C1)OO4. The summed E-state index contributed by atoms with van der Waals surface area (Å²) < 4.78 is 5.65. The van der Waals surface area contributed by atoms with E-state index in [-0.39, 0.29) is 23.1 Å². The lowest BCUT2D eigenvalue weighted by atomic mass is 9.42. The number of carbonyl (C=O) groups is 1. The summed E-state index contributed by atoms with van der Waals surface area (Å²) >= 11 is 0. The zero-order chi connectivity index (χ0) is 25.0. The second-order valence-corrected chi connectivity index (χ2v) is 14.5.